The number of nitrogens with one attached hydrogen (secondary N) is 1. The van der Waals surface area contributed by atoms with Crippen LogP contribution in [0.2, 0.25) is 0 Å². The van der Waals surface area contributed by atoms with Crippen LogP contribution in [-0.2, 0) is 43.3 Å². The van der Waals surface area contributed by atoms with E-state index in [1.807, 2.05) is 49.4 Å². The monoisotopic (exact) mass is 576 g/mol. The Morgan fingerprint density at radius 1 is 0.951 bits per heavy atom. The lowest BCUT2D eigenvalue weighted by atomic mass is 9.97. The van der Waals surface area contributed by atoms with Gasteiger partial charge in [0.15, 0.2) is 0 Å². The van der Waals surface area contributed by atoms with E-state index in [1.165, 1.54) is 0 Å². The van der Waals surface area contributed by atoms with Crippen molar-refractivity contribution in [1.29, 1.82) is 0 Å². The van der Waals surface area contributed by atoms with Crippen molar-refractivity contribution in [2.24, 2.45) is 5.92 Å². The van der Waals surface area contributed by atoms with Gasteiger partial charge in [-0.1, -0.05) is 62.4 Å². The molecule has 0 saturated carbocycles. The van der Waals surface area contributed by atoms with Gasteiger partial charge < -0.3 is 14.2 Å². The number of benzene rings is 2. The molecule has 2 aromatic carbocycles. The van der Waals surface area contributed by atoms with Crippen LogP contribution < -0.4 is 10.1 Å². The van der Waals surface area contributed by atoms with Crippen molar-refractivity contribution in [3.05, 3.63) is 95.3 Å². The number of hydrogen-bond donors (Lipinski definition) is 1. The minimum absolute atomic E-state index is 0.00156. The summed E-state index contributed by atoms with van der Waals surface area (Å²) in [5, 5.41) is 1.63. The number of thioether (sulfide) groups is 1. The highest BCUT2D eigenvalue weighted by Gasteiger charge is 2.55. The van der Waals surface area contributed by atoms with Gasteiger partial charge in [-0.3, -0.25) is 24.7 Å². The molecule has 0 spiro atoms. The zero-order chi connectivity index (χ0) is 29.4. The average molecular weight is 577 g/mol. The van der Waals surface area contributed by atoms with Gasteiger partial charge in [0.1, 0.15) is 18.5 Å². The van der Waals surface area contributed by atoms with Gasteiger partial charge in [0.05, 0.1) is 12.5 Å². The molecule has 1 aromatic heterocycles. The Balaban J connectivity index is 1.31. The molecule has 1 saturated heterocycles. The van der Waals surface area contributed by atoms with E-state index in [1.54, 1.807) is 44.3 Å². The van der Waals surface area contributed by atoms with Crippen molar-refractivity contribution in [3.8, 4) is 5.75 Å². The van der Waals surface area contributed by atoms with Crippen molar-refractivity contribution >= 4 is 34.8 Å². The molecule has 1 aliphatic heterocycles. The number of esters is 2. The van der Waals surface area contributed by atoms with Crippen LogP contribution in [0.1, 0.15) is 49.3 Å². The van der Waals surface area contributed by atoms with Crippen LogP contribution in [0.4, 0.5) is 4.79 Å². The third-order valence-electron chi connectivity index (χ3n) is 6.48. The molecule has 1 unspecified atom stereocenters. The van der Waals surface area contributed by atoms with Crippen LogP contribution in [0.5, 0.6) is 5.75 Å². The predicted octanol–water partition coefficient (Wildman–Crippen LogP) is 4.97. The van der Waals surface area contributed by atoms with Crippen molar-refractivity contribution in [2.45, 2.75) is 51.1 Å². The summed E-state index contributed by atoms with van der Waals surface area (Å²) >= 11 is 0.645. The second-order valence-electron chi connectivity index (χ2n) is 9.97. The van der Waals surface area contributed by atoms with Crippen LogP contribution >= 0.6 is 11.8 Å². The summed E-state index contributed by atoms with van der Waals surface area (Å²) in [6.07, 6.45) is 1.88. The van der Waals surface area contributed by atoms with Crippen LogP contribution in [0, 0.1) is 5.92 Å². The van der Waals surface area contributed by atoms with Crippen molar-refractivity contribution in [2.75, 3.05) is 6.61 Å². The number of pyridine rings is 1. The Kier molecular flexibility index (Phi) is 9.78. The first-order valence-electron chi connectivity index (χ1n) is 13.3. The second kappa shape index (κ2) is 13.5. The highest BCUT2D eigenvalue weighted by Crippen LogP contribution is 2.37. The molecule has 1 fully saturated rings. The third-order valence-corrected chi connectivity index (χ3v) is 7.61. The zero-order valence-corrected chi connectivity index (χ0v) is 23.9. The Morgan fingerprint density at radius 2 is 1.68 bits per heavy atom. The maximum absolute atomic E-state index is 13.1. The summed E-state index contributed by atoms with van der Waals surface area (Å²) in [6, 6.07) is 19.9. The minimum atomic E-state index is -1.70. The molecule has 10 heteroatoms. The summed E-state index contributed by atoms with van der Waals surface area (Å²) in [4.78, 5) is 54.1. The number of nitrogens with zero attached hydrogens (tertiary/aromatic N) is 1. The summed E-state index contributed by atoms with van der Waals surface area (Å²) in [5.41, 5.74) is 3.10. The van der Waals surface area contributed by atoms with Crippen LogP contribution in [-0.4, -0.2) is 39.4 Å². The van der Waals surface area contributed by atoms with E-state index in [-0.39, 0.29) is 31.0 Å². The van der Waals surface area contributed by atoms with Gasteiger partial charge >= 0.3 is 11.9 Å². The molecule has 2 atom stereocenters. The summed E-state index contributed by atoms with van der Waals surface area (Å²) in [7, 11) is 0. The number of carbonyl (C=O) groups excluding carboxylic acids is 4. The maximum atomic E-state index is 13.1. The molecule has 3 aromatic rings. The lowest BCUT2D eigenvalue weighted by molar-refractivity contribution is -0.153. The van der Waals surface area contributed by atoms with E-state index >= 15 is 0 Å². The Morgan fingerprint density at radius 3 is 2.29 bits per heavy atom. The quantitative estimate of drug-likeness (QED) is 0.235. The van der Waals surface area contributed by atoms with Gasteiger partial charge in [-0.05, 0) is 48.0 Å². The van der Waals surface area contributed by atoms with Gasteiger partial charge in [-0.15, -0.1) is 0 Å². The molecule has 0 radical (unpaired) electrons. The van der Waals surface area contributed by atoms with E-state index in [9.17, 15) is 19.2 Å². The molecular formula is C31H32N2O7S. The zero-order valence-electron chi connectivity index (χ0n) is 23.1. The van der Waals surface area contributed by atoms with E-state index in [4.69, 9.17) is 14.2 Å². The summed E-state index contributed by atoms with van der Waals surface area (Å²) in [5.74, 6) is -1.28. The Labute approximate surface area is 243 Å². The van der Waals surface area contributed by atoms with E-state index < -0.39 is 21.9 Å². The molecule has 9 nitrogen and oxygen atoms in total. The van der Waals surface area contributed by atoms with E-state index in [0.717, 1.165) is 16.8 Å². The standard InChI is InChI=1S/C31H32N2O7S/c1-20(2)27(34)40-21(3)24-11-12-25(32-18-24)15-16-38-26-13-9-22(10-14-26)17-31(28(35)33-30(37)41-31)29(36)39-19-23-7-5-4-6-8-23/h4-14,18,20-21H,15-17,19H2,1-3H3,(H,33,35,37)/t21-,31?/m0/s1. The number of ether oxygens (including phenoxy) is 3. The summed E-state index contributed by atoms with van der Waals surface area (Å²) < 4.78 is 15.0. The molecule has 2 amide bonds. The van der Waals surface area contributed by atoms with Crippen molar-refractivity contribution in [1.82, 2.24) is 10.3 Å². The number of aromatic nitrogens is 1. The predicted molar refractivity (Wildman–Crippen MR) is 153 cm³/mol. The van der Waals surface area contributed by atoms with Gasteiger partial charge in [0.2, 0.25) is 4.75 Å². The van der Waals surface area contributed by atoms with Crippen LogP contribution in [0.15, 0.2) is 72.9 Å². The number of rotatable bonds is 12. The fourth-order valence-corrected chi connectivity index (χ4v) is 5.04. The molecule has 1 N–H and O–H groups in total. The molecule has 0 aliphatic carbocycles. The smallest absolute Gasteiger partial charge is 0.333 e. The van der Waals surface area contributed by atoms with Crippen molar-refractivity contribution < 1.29 is 33.4 Å². The lowest BCUT2D eigenvalue weighted by Crippen LogP contribution is -2.46. The Hall–Kier alpha value is -4.18. The second-order valence-corrected chi connectivity index (χ2v) is 11.2. The SMILES string of the molecule is CC(C)C(=O)O[C@@H](C)c1ccc(CCOc2ccc(CC3(C(=O)OCc4ccccc4)SC(=O)NC3=O)cc2)nc1. The lowest BCUT2D eigenvalue weighted by Gasteiger charge is -2.22. The normalized spacial score (nSPS) is 17.2. The Bertz CT molecular complexity index is 1380. The molecule has 4 rings (SSSR count). The largest absolute Gasteiger partial charge is 0.493 e. The van der Waals surface area contributed by atoms with E-state index in [0.29, 0.717) is 36.1 Å². The van der Waals surface area contributed by atoms with Gasteiger partial charge in [0, 0.05) is 30.3 Å². The number of hydrogen-bond acceptors (Lipinski definition) is 9. The minimum Gasteiger partial charge on any atom is -0.493 e. The average Bonchev–Trinajstić information content (AvgIpc) is 3.26. The fourth-order valence-electron chi connectivity index (χ4n) is 4.05. The van der Waals surface area contributed by atoms with Gasteiger partial charge in [-0.25, -0.2) is 4.79 Å². The van der Waals surface area contributed by atoms with E-state index in [2.05, 4.69) is 10.3 Å². The van der Waals surface area contributed by atoms with Gasteiger partial charge in [-0.2, -0.15) is 0 Å². The first-order chi connectivity index (χ1) is 19.7. The van der Waals surface area contributed by atoms with Crippen molar-refractivity contribution in [3.63, 3.8) is 0 Å². The molecule has 41 heavy (non-hydrogen) atoms. The maximum Gasteiger partial charge on any atom is 0.333 e. The molecule has 214 valence electrons. The topological polar surface area (TPSA) is 121 Å². The highest BCUT2D eigenvalue weighted by molar-refractivity contribution is 8.16. The summed E-state index contributed by atoms with van der Waals surface area (Å²) in [6.45, 7) is 5.78. The number of carbonyl (C=O) groups is 4. The fraction of sp³-hybridized carbons (Fsp3) is 0.323. The molecular weight excluding hydrogens is 544 g/mol. The first kappa shape index (κ1) is 29.8. The molecule has 2 heterocycles. The number of imide groups is 1. The highest BCUT2D eigenvalue weighted by atomic mass is 32.2. The molecule has 1 aliphatic rings. The van der Waals surface area contributed by atoms with Crippen LogP contribution in [0.25, 0.3) is 0 Å². The first-order valence-corrected chi connectivity index (χ1v) is 14.1. The third kappa shape index (κ3) is 7.73. The van der Waals surface area contributed by atoms with Crippen LogP contribution in [0.3, 0.4) is 0 Å². The van der Waals surface area contributed by atoms with Gasteiger partial charge in [0.25, 0.3) is 11.1 Å². The molecule has 0 bridgehead atoms. The number of amides is 2.